The molecular formula is C13H16BrN5. The number of aryl methyl sites for hydroxylation is 3. The normalized spacial score (nSPS) is 10.4. The predicted molar refractivity (Wildman–Crippen MR) is 81.5 cm³/mol. The topological polar surface area (TPSA) is 75.9 Å². The van der Waals surface area contributed by atoms with Crippen molar-refractivity contribution in [2.24, 2.45) is 5.84 Å². The third kappa shape index (κ3) is 3.21. The van der Waals surface area contributed by atoms with E-state index in [1.807, 2.05) is 13.0 Å². The fourth-order valence-corrected chi connectivity index (χ4v) is 2.09. The molecule has 2 rings (SSSR count). The van der Waals surface area contributed by atoms with Gasteiger partial charge in [0.25, 0.3) is 0 Å². The van der Waals surface area contributed by atoms with Gasteiger partial charge in [0.15, 0.2) is 0 Å². The Balaban J connectivity index is 2.33. The maximum atomic E-state index is 5.34. The van der Waals surface area contributed by atoms with Crippen LogP contribution in [-0.4, -0.2) is 9.97 Å². The molecule has 6 heteroatoms. The standard InChI is InChI=1S/C13H16BrN5/c1-7-4-10(5-8(2)12(7)14)17-11-6-9(3)16-13(18-11)19-15/h4-6H,15H2,1-3H3,(H2,16,17,18,19). The summed E-state index contributed by atoms with van der Waals surface area (Å²) in [6.45, 7) is 6.01. The van der Waals surface area contributed by atoms with Crippen LogP contribution in [0.3, 0.4) is 0 Å². The van der Waals surface area contributed by atoms with Gasteiger partial charge in [0.05, 0.1) is 0 Å². The lowest BCUT2D eigenvalue weighted by Gasteiger charge is -2.11. The van der Waals surface area contributed by atoms with Gasteiger partial charge in [-0.25, -0.2) is 10.8 Å². The monoisotopic (exact) mass is 321 g/mol. The Kier molecular flexibility index (Phi) is 4.01. The molecule has 1 aromatic carbocycles. The lowest BCUT2D eigenvalue weighted by molar-refractivity contribution is 1.07. The molecular weight excluding hydrogens is 306 g/mol. The van der Waals surface area contributed by atoms with Crippen molar-refractivity contribution < 1.29 is 0 Å². The maximum absolute atomic E-state index is 5.34. The second kappa shape index (κ2) is 5.54. The quantitative estimate of drug-likeness (QED) is 0.598. The SMILES string of the molecule is Cc1cc(Nc2cc(C)c(Br)c(C)c2)nc(NN)n1. The molecule has 0 aliphatic rings. The van der Waals surface area contributed by atoms with Crippen LogP contribution in [0, 0.1) is 20.8 Å². The minimum absolute atomic E-state index is 0.396. The van der Waals surface area contributed by atoms with Gasteiger partial charge in [0.1, 0.15) is 5.82 Å². The molecule has 0 amide bonds. The largest absolute Gasteiger partial charge is 0.340 e. The molecule has 0 fully saturated rings. The highest BCUT2D eigenvalue weighted by molar-refractivity contribution is 9.10. The molecule has 0 aliphatic heterocycles. The van der Waals surface area contributed by atoms with Crippen molar-refractivity contribution >= 4 is 33.4 Å². The Hall–Kier alpha value is -1.66. The molecule has 0 saturated carbocycles. The molecule has 0 bridgehead atoms. The molecule has 0 atom stereocenters. The van der Waals surface area contributed by atoms with Crippen LogP contribution in [0.25, 0.3) is 0 Å². The average Bonchev–Trinajstić information content (AvgIpc) is 2.35. The van der Waals surface area contributed by atoms with Crippen molar-refractivity contribution in [3.63, 3.8) is 0 Å². The number of hydrazine groups is 1. The van der Waals surface area contributed by atoms with Crippen LogP contribution >= 0.6 is 15.9 Å². The van der Waals surface area contributed by atoms with Crippen LogP contribution in [0.2, 0.25) is 0 Å². The molecule has 0 aliphatic carbocycles. The molecule has 0 unspecified atom stereocenters. The van der Waals surface area contributed by atoms with Gasteiger partial charge in [-0.05, 0) is 44.0 Å². The minimum Gasteiger partial charge on any atom is -0.340 e. The number of hydrogen-bond acceptors (Lipinski definition) is 5. The van der Waals surface area contributed by atoms with E-state index in [-0.39, 0.29) is 0 Å². The number of anilines is 3. The Morgan fingerprint density at radius 1 is 1.05 bits per heavy atom. The third-order valence-electron chi connectivity index (χ3n) is 2.69. The summed E-state index contributed by atoms with van der Waals surface area (Å²) in [6.07, 6.45) is 0. The highest BCUT2D eigenvalue weighted by Gasteiger charge is 2.05. The summed E-state index contributed by atoms with van der Waals surface area (Å²) in [5.74, 6) is 6.45. The number of benzene rings is 1. The van der Waals surface area contributed by atoms with Gasteiger partial charge in [0.2, 0.25) is 5.95 Å². The van der Waals surface area contributed by atoms with Crippen LogP contribution in [0.4, 0.5) is 17.5 Å². The summed E-state index contributed by atoms with van der Waals surface area (Å²) >= 11 is 3.55. The number of rotatable bonds is 3. The van der Waals surface area contributed by atoms with Crippen molar-refractivity contribution in [2.45, 2.75) is 20.8 Å². The zero-order valence-corrected chi connectivity index (χ0v) is 12.7. The number of nitrogens with zero attached hydrogens (tertiary/aromatic N) is 2. The number of halogens is 1. The first-order chi connectivity index (χ1) is 8.99. The van der Waals surface area contributed by atoms with E-state index in [1.54, 1.807) is 0 Å². The molecule has 0 saturated heterocycles. The van der Waals surface area contributed by atoms with Gasteiger partial charge in [-0.15, -0.1) is 0 Å². The summed E-state index contributed by atoms with van der Waals surface area (Å²) in [7, 11) is 0. The fourth-order valence-electron chi connectivity index (χ4n) is 1.86. The Bertz CT molecular complexity index is 589. The lowest BCUT2D eigenvalue weighted by Crippen LogP contribution is -2.11. The lowest BCUT2D eigenvalue weighted by atomic mass is 10.1. The molecule has 0 spiro atoms. The first-order valence-electron chi connectivity index (χ1n) is 5.85. The van der Waals surface area contributed by atoms with Gasteiger partial charge in [0, 0.05) is 21.9 Å². The summed E-state index contributed by atoms with van der Waals surface area (Å²) in [5.41, 5.74) is 6.63. The molecule has 4 N–H and O–H groups in total. The zero-order valence-electron chi connectivity index (χ0n) is 11.1. The molecule has 1 aromatic heterocycles. The minimum atomic E-state index is 0.396. The summed E-state index contributed by atoms with van der Waals surface area (Å²) in [5, 5.41) is 3.26. The summed E-state index contributed by atoms with van der Waals surface area (Å²) in [6, 6.07) is 5.99. The van der Waals surface area contributed by atoms with E-state index < -0.39 is 0 Å². The summed E-state index contributed by atoms with van der Waals surface area (Å²) in [4.78, 5) is 8.41. The highest BCUT2D eigenvalue weighted by Crippen LogP contribution is 2.26. The van der Waals surface area contributed by atoms with Gasteiger partial charge >= 0.3 is 0 Å². The molecule has 1 heterocycles. The van der Waals surface area contributed by atoms with E-state index in [4.69, 9.17) is 5.84 Å². The van der Waals surface area contributed by atoms with Crippen LogP contribution in [-0.2, 0) is 0 Å². The van der Waals surface area contributed by atoms with Gasteiger partial charge in [-0.3, -0.25) is 5.43 Å². The second-order valence-electron chi connectivity index (χ2n) is 4.41. The van der Waals surface area contributed by atoms with E-state index >= 15 is 0 Å². The molecule has 5 nitrogen and oxygen atoms in total. The Morgan fingerprint density at radius 3 is 2.26 bits per heavy atom. The highest BCUT2D eigenvalue weighted by atomic mass is 79.9. The second-order valence-corrected chi connectivity index (χ2v) is 5.20. The van der Waals surface area contributed by atoms with E-state index in [0.29, 0.717) is 11.8 Å². The van der Waals surface area contributed by atoms with Crippen molar-refractivity contribution in [2.75, 3.05) is 10.7 Å². The molecule has 2 aromatic rings. The van der Waals surface area contributed by atoms with Crippen LogP contribution < -0.4 is 16.6 Å². The van der Waals surface area contributed by atoms with E-state index in [2.05, 4.69) is 62.6 Å². The van der Waals surface area contributed by atoms with Crippen LogP contribution in [0.1, 0.15) is 16.8 Å². The Morgan fingerprint density at radius 2 is 1.68 bits per heavy atom. The third-order valence-corrected chi connectivity index (χ3v) is 3.94. The van der Waals surface area contributed by atoms with E-state index in [9.17, 15) is 0 Å². The number of hydrogen-bond donors (Lipinski definition) is 3. The van der Waals surface area contributed by atoms with Gasteiger partial charge < -0.3 is 5.32 Å². The maximum Gasteiger partial charge on any atom is 0.239 e. The Labute approximate surface area is 120 Å². The molecule has 19 heavy (non-hydrogen) atoms. The average molecular weight is 322 g/mol. The van der Waals surface area contributed by atoms with Crippen molar-refractivity contribution in [3.05, 3.63) is 39.5 Å². The summed E-state index contributed by atoms with van der Waals surface area (Å²) < 4.78 is 1.13. The first-order valence-corrected chi connectivity index (χ1v) is 6.65. The van der Waals surface area contributed by atoms with Crippen molar-refractivity contribution in [3.8, 4) is 0 Å². The van der Waals surface area contributed by atoms with E-state index in [0.717, 1.165) is 15.9 Å². The number of aromatic nitrogens is 2. The molecule has 0 radical (unpaired) electrons. The van der Waals surface area contributed by atoms with E-state index in [1.165, 1.54) is 11.1 Å². The van der Waals surface area contributed by atoms with Crippen LogP contribution in [0.5, 0.6) is 0 Å². The smallest absolute Gasteiger partial charge is 0.239 e. The van der Waals surface area contributed by atoms with Crippen molar-refractivity contribution in [1.82, 2.24) is 9.97 Å². The van der Waals surface area contributed by atoms with Crippen molar-refractivity contribution in [1.29, 1.82) is 0 Å². The number of nitrogen functional groups attached to an aromatic ring is 1. The number of nitrogens with one attached hydrogen (secondary N) is 2. The fraction of sp³-hybridized carbons (Fsp3) is 0.231. The first kappa shape index (κ1) is 13.8. The van der Waals surface area contributed by atoms with Crippen LogP contribution in [0.15, 0.2) is 22.7 Å². The van der Waals surface area contributed by atoms with Gasteiger partial charge in [-0.1, -0.05) is 15.9 Å². The molecule has 100 valence electrons. The number of nitrogens with two attached hydrogens (primary N) is 1. The zero-order chi connectivity index (χ0) is 14.0. The van der Waals surface area contributed by atoms with Gasteiger partial charge in [-0.2, -0.15) is 4.98 Å². The predicted octanol–water partition coefficient (Wildman–Crippen LogP) is 3.19.